The molecule has 0 radical (unpaired) electrons. The lowest BCUT2D eigenvalue weighted by Gasteiger charge is -2.22. The monoisotopic (exact) mass is 1260 g/mol. The van der Waals surface area contributed by atoms with E-state index in [2.05, 4.69) is 55.6 Å². The smallest absolute Gasteiger partial charge is 0.305 e. The topological polar surface area (TPSA) is 95.9 Å². The number of unbranched alkanes of at least 4 members (excludes halogenated alkanes) is 61. The van der Waals surface area contributed by atoms with Crippen LogP contribution in [0, 0.1) is 0 Å². The number of nitrogens with one attached hydrogen (secondary N) is 1. The van der Waals surface area contributed by atoms with Crippen LogP contribution < -0.4 is 5.32 Å². The number of esters is 1. The van der Waals surface area contributed by atoms with E-state index in [9.17, 15) is 19.8 Å². The molecule has 0 aromatic heterocycles. The van der Waals surface area contributed by atoms with Crippen LogP contribution in [0.2, 0.25) is 0 Å². The molecule has 3 N–H and O–H groups in total. The van der Waals surface area contributed by atoms with Crippen LogP contribution in [0.3, 0.4) is 0 Å². The van der Waals surface area contributed by atoms with Crippen molar-refractivity contribution < 1.29 is 24.5 Å². The molecule has 90 heavy (non-hydrogen) atoms. The van der Waals surface area contributed by atoms with Gasteiger partial charge in [0, 0.05) is 12.8 Å². The van der Waals surface area contributed by atoms with Crippen molar-refractivity contribution in [2.75, 3.05) is 13.2 Å². The molecular weight excluding hydrogens is 1100 g/mol. The van der Waals surface area contributed by atoms with Gasteiger partial charge in [-0.1, -0.05) is 403 Å². The van der Waals surface area contributed by atoms with Gasteiger partial charge in [-0.25, -0.2) is 0 Å². The number of rotatable bonds is 78. The van der Waals surface area contributed by atoms with Gasteiger partial charge < -0.3 is 20.3 Å². The Morgan fingerprint density at radius 2 is 0.556 bits per heavy atom. The molecule has 6 nitrogen and oxygen atoms in total. The third-order valence-corrected chi connectivity index (χ3v) is 19.4. The second-order valence-electron chi connectivity index (χ2n) is 28.5. The van der Waals surface area contributed by atoms with E-state index in [-0.39, 0.29) is 18.5 Å². The third kappa shape index (κ3) is 75.1. The molecule has 2 unspecified atom stereocenters. The Morgan fingerprint density at radius 1 is 0.311 bits per heavy atom. The number of hydrogen-bond acceptors (Lipinski definition) is 5. The number of carbonyl (C=O) groups excluding carboxylic acids is 2. The minimum atomic E-state index is -0.664. The Hall–Kier alpha value is -1.92. The first kappa shape index (κ1) is 88.1. The molecule has 0 rings (SSSR count). The summed E-state index contributed by atoms with van der Waals surface area (Å²) in [6.45, 7) is 5.00. The fourth-order valence-electron chi connectivity index (χ4n) is 13.1. The Kier molecular flexibility index (Phi) is 77.8. The molecule has 0 aromatic carbocycles. The summed E-state index contributed by atoms with van der Waals surface area (Å²) >= 11 is 0. The zero-order valence-electron chi connectivity index (χ0n) is 61.1. The van der Waals surface area contributed by atoms with Crippen molar-refractivity contribution in [1.29, 1.82) is 0 Å². The second kappa shape index (κ2) is 79.5. The van der Waals surface area contributed by atoms with E-state index in [1.165, 1.54) is 379 Å². The molecule has 0 heterocycles. The van der Waals surface area contributed by atoms with Gasteiger partial charge in [0.15, 0.2) is 0 Å². The first-order valence-electron chi connectivity index (χ1n) is 41.2. The van der Waals surface area contributed by atoms with Gasteiger partial charge in [-0.15, -0.1) is 0 Å². The van der Waals surface area contributed by atoms with E-state index in [0.29, 0.717) is 25.9 Å². The zero-order valence-corrected chi connectivity index (χ0v) is 61.1. The van der Waals surface area contributed by atoms with E-state index in [1.807, 2.05) is 0 Å². The standard InChI is InChI=1S/C84H161NO5/c1-3-5-7-9-11-13-15-17-19-21-22-23-39-42-45-48-52-56-60-64-68-72-76-82(87)81(80-86)85-83(88)77-73-69-65-61-57-53-49-46-43-40-37-35-33-31-29-27-25-24-26-28-30-32-34-36-38-41-44-47-51-55-59-63-67-71-75-79-90-84(89)78-74-70-66-62-58-54-50-20-18-16-14-12-10-8-6-4-2/h20,26,28,32,34,50,81-82,86-87H,3-19,21-25,27,29-31,33,35-49,51-80H2,1-2H3,(H,85,88)/b28-26-,34-32-,50-20-. The van der Waals surface area contributed by atoms with Crippen molar-refractivity contribution in [3.63, 3.8) is 0 Å². The van der Waals surface area contributed by atoms with E-state index >= 15 is 0 Å². The highest BCUT2D eigenvalue weighted by atomic mass is 16.5. The van der Waals surface area contributed by atoms with Crippen LogP contribution in [-0.2, 0) is 14.3 Å². The molecule has 0 aliphatic heterocycles. The number of carbonyl (C=O) groups is 2. The molecule has 0 aromatic rings. The molecule has 0 fully saturated rings. The van der Waals surface area contributed by atoms with Crippen LogP contribution in [0.1, 0.15) is 463 Å². The number of allylic oxidation sites excluding steroid dienone is 6. The molecule has 1 amide bonds. The maximum atomic E-state index is 12.6. The summed E-state index contributed by atoms with van der Waals surface area (Å²) in [5.74, 6) is -0.0171. The van der Waals surface area contributed by atoms with Gasteiger partial charge in [0.05, 0.1) is 25.4 Å². The molecule has 0 bridgehead atoms. The normalized spacial score (nSPS) is 12.6. The highest BCUT2D eigenvalue weighted by molar-refractivity contribution is 5.76. The Labute approximate surface area is 564 Å². The number of hydrogen-bond donors (Lipinski definition) is 3. The summed E-state index contributed by atoms with van der Waals surface area (Å²) < 4.78 is 5.50. The van der Waals surface area contributed by atoms with Gasteiger partial charge in [-0.05, 0) is 83.5 Å². The summed E-state index contributed by atoms with van der Waals surface area (Å²) in [5.41, 5.74) is 0. The summed E-state index contributed by atoms with van der Waals surface area (Å²) in [7, 11) is 0. The fraction of sp³-hybridized carbons (Fsp3) is 0.905. The quantitative estimate of drug-likeness (QED) is 0.0320. The highest BCUT2D eigenvalue weighted by Gasteiger charge is 2.20. The number of ether oxygens (including phenoxy) is 1. The van der Waals surface area contributed by atoms with Crippen molar-refractivity contribution in [2.45, 2.75) is 475 Å². The van der Waals surface area contributed by atoms with Gasteiger partial charge in [-0.3, -0.25) is 9.59 Å². The molecule has 2 atom stereocenters. The van der Waals surface area contributed by atoms with Gasteiger partial charge in [-0.2, -0.15) is 0 Å². The predicted octanol–water partition coefficient (Wildman–Crippen LogP) is 27.4. The summed E-state index contributed by atoms with van der Waals surface area (Å²) in [6, 6.07) is -0.541. The van der Waals surface area contributed by atoms with Crippen molar-refractivity contribution in [1.82, 2.24) is 5.32 Å². The predicted molar refractivity (Wildman–Crippen MR) is 398 cm³/mol. The molecule has 0 aliphatic rings. The van der Waals surface area contributed by atoms with E-state index in [0.717, 1.165) is 51.4 Å². The maximum absolute atomic E-state index is 12.6. The van der Waals surface area contributed by atoms with E-state index in [1.54, 1.807) is 0 Å². The van der Waals surface area contributed by atoms with Crippen molar-refractivity contribution in [3.8, 4) is 0 Å². The SMILES string of the molecule is CCCCCCCCC/C=C\CCCCCCCC(=O)OCCCCCCCCCCCCC/C=C\C/C=C\CCCCCCCCCCCCCCCCCCCC(=O)NC(CO)C(O)CCCCCCCCCCCCCCCCCCCCCCCC. The summed E-state index contributed by atoms with van der Waals surface area (Å²) in [6.07, 6.45) is 104. The van der Waals surface area contributed by atoms with Crippen LogP contribution >= 0.6 is 0 Å². The van der Waals surface area contributed by atoms with E-state index < -0.39 is 12.1 Å². The average Bonchev–Trinajstić information content (AvgIpc) is 3.60. The van der Waals surface area contributed by atoms with Crippen LogP contribution in [0.15, 0.2) is 36.5 Å². The van der Waals surface area contributed by atoms with Crippen LogP contribution in [0.4, 0.5) is 0 Å². The van der Waals surface area contributed by atoms with Crippen molar-refractivity contribution in [2.24, 2.45) is 0 Å². The summed E-state index contributed by atoms with van der Waals surface area (Å²) in [5, 5.41) is 23.5. The summed E-state index contributed by atoms with van der Waals surface area (Å²) in [4.78, 5) is 24.7. The Morgan fingerprint density at radius 3 is 0.856 bits per heavy atom. The minimum Gasteiger partial charge on any atom is -0.466 e. The Balaban J connectivity index is 3.37. The molecule has 6 heteroatoms. The fourth-order valence-corrected chi connectivity index (χ4v) is 13.1. The molecule has 0 saturated heterocycles. The lowest BCUT2D eigenvalue weighted by Crippen LogP contribution is -2.45. The second-order valence-corrected chi connectivity index (χ2v) is 28.5. The van der Waals surface area contributed by atoms with Crippen LogP contribution in [-0.4, -0.2) is 47.4 Å². The lowest BCUT2D eigenvalue weighted by atomic mass is 10.0. The van der Waals surface area contributed by atoms with Gasteiger partial charge in [0.2, 0.25) is 5.91 Å². The number of aliphatic hydroxyl groups is 2. The van der Waals surface area contributed by atoms with Crippen molar-refractivity contribution >= 4 is 11.9 Å². The minimum absolute atomic E-state index is 0.0102. The lowest BCUT2D eigenvalue weighted by molar-refractivity contribution is -0.143. The molecule has 532 valence electrons. The average molecular weight is 1270 g/mol. The van der Waals surface area contributed by atoms with Gasteiger partial charge >= 0.3 is 5.97 Å². The van der Waals surface area contributed by atoms with Gasteiger partial charge in [0.1, 0.15) is 0 Å². The van der Waals surface area contributed by atoms with E-state index in [4.69, 9.17) is 4.74 Å². The molecule has 0 spiro atoms. The van der Waals surface area contributed by atoms with Crippen LogP contribution in [0.25, 0.3) is 0 Å². The highest BCUT2D eigenvalue weighted by Crippen LogP contribution is 2.20. The van der Waals surface area contributed by atoms with Crippen LogP contribution in [0.5, 0.6) is 0 Å². The zero-order chi connectivity index (χ0) is 64.9. The third-order valence-electron chi connectivity index (χ3n) is 19.4. The Bertz CT molecular complexity index is 1460. The number of aliphatic hydroxyl groups excluding tert-OH is 2. The molecule has 0 aliphatic carbocycles. The first-order chi connectivity index (χ1) is 44.5. The maximum Gasteiger partial charge on any atom is 0.305 e. The number of amides is 1. The van der Waals surface area contributed by atoms with Crippen molar-refractivity contribution in [3.05, 3.63) is 36.5 Å². The molecule has 0 saturated carbocycles. The largest absolute Gasteiger partial charge is 0.466 e. The molecular formula is C84H161NO5. The van der Waals surface area contributed by atoms with Gasteiger partial charge in [0.25, 0.3) is 0 Å². The first-order valence-corrected chi connectivity index (χ1v) is 41.2.